The molecule has 0 amide bonds. The predicted octanol–water partition coefficient (Wildman–Crippen LogP) is 6.17. The molecule has 2 heterocycles. The molecule has 0 aliphatic heterocycles. The van der Waals surface area contributed by atoms with Crippen molar-refractivity contribution in [2.45, 2.75) is 19.8 Å². The van der Waals surface area contributed by atoms with Crippen LogP contribution in [0.5, 0.6) is 0 Å². The highest BCUT2D eigenvalue weighted by Crippen LogP contribution is 2.24. The molecule has 0 saturated heterocycles. The maximum atomic E-state index is 13.1. The second-order valence-electron chi connectivity index (χ2n) is 7.43. The average Bonchev–Trinajstić information content (AvgIpc) is 2.77. The molecule has 2 aromatic heterocycles. The van der Waals surface area contributed by atoms with Crippen molar-refractivity contribution >= 4 is 45.6 Å². The minimum atomic E-state index is -0.271. The number of hydrogen-bond donors (Lipinski definition) is 3. The van der Waals surface area contributed by atoms with Crippen molar-refractivity contribution in [2.75, 3.05) is 29.0 Å². The van der Waals surface area contributed by atoms with Crippen LogP contribution in [0.25, 0.3) is 10.9 Å². The summed E-state index contributed by atoms with van der Waals surface area (Å²) < 4.78 is 13.1. The van der Waals surface area contributed by atoms with Crippen molar-refractivity contribution < 1.29 is 4.39 Å². The fraction of sp³-hybridized carbons (Fsp3) is 0.208. The van der Waals surface area contributed by atoms with Crippen LogP contribution in [0.2, 0.25) is 5.02 Å². The first-order valence-corrected chi connectivity index (χ1v) is 10.8. The number of halogens is 2. The maximum absolute atomic E-state index is 13.1. The van der Waals surface area contributed by atoms with E-state index in [1.165, 1.54) is 12.1 Å². The van der Waals surface area contributed by atoms with Gasteiger partial charge >= 0.3 is 0 Å². The lowest BCUT2D eigenvalue weighted by atomic mass is 10.2. The van der Waals surface area contributed by atoms with Crippen molar-refractivity contribution in [3.63, 3.8) is 0 Å². The molecule has 8 heteroatoms. The van der Waals surface area contributed by atoms with Crippen LogP contribution in [0.3, 0.4) is 0 Å². The molecule has 32 heavy (non-hydrogen) atoms. The monoisotopic (exact) mass is 450 g/mol. The normalized spacial score (nSPS) is 10.8. The molecule has 0 unspecified atom stereocenters. The molecule has 0 atom stereocenters. The molecule has 0 spiro atoms. The van der Waals surface area contributed by atoms with Crippen LogP contribution in [-0.4, -0.2) is 28.0 Å². The van der Waals surface area contributed by atoms with Crippen LogP contribution in [0, 0.1) is 12.7 Å². The number of anilines is 4. The summed E-state index contributed by atoms with van der Waals surface area (Å²) in [5.74, 6) is 0.963. The Kier molecular flexibility index (Phi) is 6.97. The average molecular weight is 451 g/mol. The first kappa shape index (κ1) is 21.8. The van der Waals surface area contributed by atoms with E-state index in [-0.39, 0.29) is 5.82 Å². The summed E-state index contributed by atoms with van der Waals surface area (Å²) in [6, 6.07) is 15.7. The van der Waals surface area contributed by atoms with Gasteiger partial charge < -0.3 is 16.0 Å². The molecule has 0 fully saturated rings. The Morgan fingerprint density at radius 3 is 2.50 bits per heavy atom. The van der Waals surface area contributed by atoms with E-state index in [4.69, 9.17) is 11.6 Å². The Bertz CT molecular complexity index is 1200. The minimum absolute atomic E-state index is 0.271. The zero-order valence-electron chi connectivity index (χ0n) is 17.7. The number of aromatic nitrogens is 3. The van der Waals surface area contributed by atoms with Gasteiger partial charge in [-0.05, 0) is 68.3 Å². The van der Waals surface area contributed by atoms with Gasteiger partial charge in [-0.2, -0.15) is 4.98 Å². The van der Waals surface area contributed by atoms with Crippen LogP contribution >= 0.6 is 11.6 Å². The third-order valence-corrected chi connectivity index (χ3v) is 5.11. The molecule has 6 nitrogen and oxygen atoms in total. The third kappa shape index (κ3) is 5.82. The zero-order chi connectivity index (χ0) is 22.3. The molecule has 0 bridgehead atoms. The van der Waals surface area contributed by atoms with Crippen molar-refractivity contribution in [1.82, 2.24) is 15.0 Å². The van der Waals surface area contributed by atoms with E-state index in [9.17, 15) is 4.39 Å². The number of fused-ring (bicyclic) bond motifs is 1. The second-order valence-corrected chi connectivity index (χ2v) is 7.87. The largest absolute Gasteiger partial charge is 0.384 e. The highest BCUT2D eigenvalue weighted by Gasteiger charge is 2.04. The van der Waals surface area contributed by atoms with E-state index in [1.54, 1.807) is 18.3 Å². The Morgan fingerprint density at radius 2 is 1.69 bits per heavy atom. The number of unbranched alkanes of at least 4 members (excludes halogenated alkanes) is 1. The molecule has 164 valence electrons. The number of nitrogens with zero attached hydrogens (tertiary/aromatic N) is 3. The molecule has 4 aromatic rings. The summed E-state index contributed by atoms with van der Waals surface area (Å²) in [6.45, 7) is 3.52. The van der Waals surface area contributed by atoms with E-state index in [0.717, 1.165) is 53.9 Å². The van der Waals surface area contributed by atoms with Crippen LogP contribution in [-0.2, 0) is 0 Å². The second kappa shape index (κ2) is 10.2. The Balaban J connectivity index is 1.25. The van der Waals surface area contributed by atoms with Crippen LogP contribution in [0.1, 0.15) is 18.5 Å². The highest BCUT2D eigenvalue weighted by atomic mass is 35.5. The number of hydrogen-bond acceptors (Lipinski definition) is 6. The SMILES string of the molecule is Cc1cc(Nc2ccc(F)cc2)nc(NCCCCNc2ccnc3cc(Cl)ccc23)n1. The molecule has 2 aromatic carbocycles. The van der Waals surface area contributed by atoms with Gasteiger partial charge in [0.1, 0.15) is 11.6 Å². The summed E-state index contributed by atoms with van der Waals surface area (Å²) in [4.78, 5) is 13.3. The van der Waals surface area contributed by atoms with Gasteiger partial charge in [-0.25, -0.2) is 9.37 Å². The Labute approximate surface area is 191 Å². The highest BCUT2D eigenvalue weighted by molar-refractivity contribution is 6.31. The van der Waals surface area contributed by atoms with Gasteiger partial charge in [0.05, 0.1) is 5.52 Å². The minimum Gasteiger partial charge on any atom is -0.384 e. The lowest BCUT2D eigenvalue weighted by molar-refractivity contribution is 0.628. The van der Waals surface area contributed by atoms with Crippen molar-refractivity contribution in [3.05, 3.63) is 77.3 Å². The molecule has 3 N–H and O–H groups in total. The van der Waals surface area contributed by atoms with Gasteiger partial charge in [0.15, 0.2) is 0 Å². The summed E-state index contributed by atoms with van der Waals surface area (Å²) in [7, 11) is 0. The van der Waals surface area contributed by atoms with Crippen LogP contribution < -0.4 is 16.0 Å². The topological polar surface area (TPSA) is 74.8 Å². The standard InChI is InChI=1S/C24H24ClFN6/c1-16-14-23(31-19-7-5-18(26)6-8-19)32-24(30-16)29-12-3-2-11-27-21-10-13-28-22-15-17(25)4-9-20(21)22/h4-10,13-15H,2-3,11-12H2,1H3,(H,27,28)(H2,29,30,31,32). The van der Waals surface area contributed by atoms with Gasteiger partial charge in [0.25, 0.3) is 0 Å². The van der Waals surface area contributed by atoms with E-state index in [0.29, 0.717) is 16.8 Å². The van der Waals surface area contributed by atoms with Gasteiger partial charge in [-0.1, -0.05) is 11.6 Å². The van der Waals surface area contributed by atoms with Crippen LogP contribution in [0.4, 0.5) is 27.5 Å². The lowest BCUT2D eigenvalue weighted by Gasteiger charge is -2.11. The Morgan fingerprint density at radius 1 is 0.906 bits per heavy atom. The first-order chi connectivity index (χ1) is 15.6. The Hall–Kier alpha value is -3.45. The molecule has 0 aliphatic rings. The lowest BCUT2D eigenvalue weighted by Crippen LogP contribution is -2.10. The smallest absolute Gasteiger partial charge is 0.224 e. The summed E-state index contributed by atoms with van der Waals surface area (Å²) >= 11 is 6.05. The number of benzene rings is 2. The molecular formula is C24H24ClFN6. The molecule has 4 rings (SSSR count). The van der Waals surface area contributed by atoms with Gasteiger partial charge in [-0.3, -0.25) is 4.98 Å². The predicted molar refractivity (Wildman–Crippen MR) is 129 cm³/mol. The van der Waals surface area contributed by atoms with Gasteiger partial charge in [0.2, 0.25) is 5.95 Å². The van der Waals surface area contributed by atoms with E-state index < -0.39 is 0 Å². The molecule has 0 aliphatic carbocycles. The van der Waals surface area contributed by atoms with Crippen molar-refractivity contribution in [1.29, 1.82) is 0 Å². The number of nitrogens with one attached hydrogen (secondary N) is 3. The van der Waals surface area contributed by atoms with Gasteiger partial charge in [0, 0.05) is 52.8 Å². The fourth-order valence-corrected chi connectivity index (χ4v) is 3.51. The summed E-state index contributed by atoms with van der Waals surface area (Å²) in [5.41, 5.74) is 3.55. The summed E-state index contributed by atoms with van der Waals surface area (Å²) in [6.07, 6.45) is 3.73. The number of rotatable bonds is 9. The van der Waals surface area contributed by atoms with Crippen molar-refractivity contribution in [3.8, 4) is 0 Å². The van der Waals surface area contributed by atoms with Crippen LogP contribution in [0.15, 0.2) is 60.8 Å². The van der Waals surface area contributed by atoms with E-state index in [2.05, 4.69) is 30.9 Å². The molecule has 0 radical (unpaired) electrons. The fourth-order valence-electron chi connectivity index (χ4n) is 3.34. The quantitative estimate of drug-likeness (QED) is 0.265. The number of pyridine rings is 1. The first-order valence-electron chi connectivity index (χ1n) is 10.5. The summed E-state index contributed by atoms with van der Waals surface area (Å²) in [5, 5.41) is 11.7. The van der Waals surface area contributed by atoms with Gasteiger partial charge in [-0.15, -0.1) is 0 Å². The number of aryl methyl sites for hydroxylation is 1. The van der Waals surface area contributed by atoms with E-state index >= 15 is 0 Å². The molecular weight excluding hydrogens is 427 g/mol. The van der Waals surface area contributed by atoms with E-state index in [1.807, 2.05) is 37.3 Å². The van der Waals surface area contributed by atoms with Crippen molar-refractivity contribution in [2.24, 2.45) is 0 Å². The maximum Gasteiger partial charge on any atom is 0.224 e. The third-order valence-electron chi connectivity index (χ3n) is 4.88. The zero-order valence-corrected chi connectivity index (χ0v) is 18.5. The molecule has 0 saturated carbocycles.